The molecule has 0 aliphatic carbocycles. The van der Waals surface area contributed by atoms with Crippen LogP contribution < -0.4 is 10.2 Å². The number of halogens is 2. The molecule has 5 rings (SSSR count). The minimum atomic E-state index is -0.0357. The van der Waals surface area contributed by atoms with Crippen LogP contribution in [-0.4, -0.2) is 35.3 Å². The van der Waals surface area contributed by atoms with E-state index in [0.717, 1.165) is 35.9 Å². The second-order valence-electron chi connectivity index (χ2n) is 7.86. The van der Waals surface area contributed by atoms with E-state index in [2.05, 4.69) is 34.6 Å². The molecule has 2 aromatic rings. The molecule has 1 fully saturated rings. The Morgan fingerprint density at radius 3 is 2.24 bits per heavy atom. The molecule has 3 aliphatic rings. The van der Waals surface area contributed by atoms with Gasteiger partial charge in [-0.05, 0) is 42.5 Å². The van der Waals surface area contributed by atoms with Crippen molar-refractivity contribution in [1.82, 2.24) is 15.3 Å². The molecule has 174 valence electrons. The molecule has 7 heteroatoms. The minimum absolute atomic E-state index is 0.0357. The van der Waals surface area contributed by atoms with Crippen LogP contribution in [-0.2, 0) is 0 Å². The molecule has 2 aromatic carbocycles. The van der Waals surface area contributed by atoms with Crippen molar-refractivity contribution < 1.29 is 4.74 Å². The lowest BCUT2D eigenvalue weighted by atomic mass is 10.0. The number of hydrazine groups is 1. The SMILES string of the molecule is CC.COc1ccc(C2=C(Cl)N3NC(c4ccccc4)C(N4CCCCC4)=C3N=C2Cl)cc1. The predicted molar refractivity (Wildman–Crippen MR) is 137 cm³/mol. The number of hydrogen-bond donors (Lipinski definition) is 1. The van der Waals surface area contributed by atoms with E-state index in [4.69, 9.17) is 32.9 Å². The molecule has 5 nitrogen and oxygen atoms in total. The highest BCUT2D eigenvalue weighted by Gasteiger charge is 2.40. The van der Waals surface area contributed by atoms with Gasteiger partial charge in [-0.25, -0.2) is 15.4 Å². The van der Waals surface area contributed by atoms with Gasteiger partial charge in [0, 0.05) is 13.1 Å². The predicted octanol–water partition coefficient (Wildman–Crippen LogP) is 6.50. The Balaban J connectivity index is 0.00000126. The van der Waals surface area contributed by atoms with Crippen molar-refractivity contribution >= 4 is 33.9 Å². The number of ether oxygens (including phenoxy) is 1. The Kier molecular flexibility index (Phi) is 7.63. The third-order valence-electron chi connectivity index (χ3n) is 5.99. The molecule has 0 saturated carbocycles. The van der Waals surface area contributed by atoms with E-state index in [-0.39, 0.29) is 6.04 Å². The monoisotopic (exact) mass is 484 g/mol. The van der Waals surface area contributed by atoms with Crippen molar-refractivity contribution in [1.29, 1.82) is 0 Å². The first kappa shape index (κ1) is 23.7. The molecular weight excluding hydrogens is 455 g/mol. The van der Waals surface area contributed by atoms with Crippen LogP contribution in [0, 0.1) is 0 Å². The smallest absolute Gasteiger partial charge is 0.171 e. The lowest BCUT2D eigenvalue weighted by molar-refractivity contribution is 0.263. The normalized spacial score (nSPS) is 20.3. The van der Waals surface area contributed by atoms with Gasteiger partial charge in [0.25, 0.3) is 0 Å². The van der Waals surface area contributed by atoms with Crippen molar-refractivity contribution in [2.24, 2.45) is 4.99 Å². The molecule has 33 heavy (non-hydrogen) atoms. The summed E-state index contributed by atoms with van der Waals surface area (Å²) < 4.78 is 5.28. The molecule has 0 spiro atoms. The molecular formula is C26H30Cl2N4O. The molecule has 1 N–H and O–H groups in total. The Morgan fingerprint density at radius 1 is 0.939 bits per heavy atom. The summed E-state index contributed by atoms with van der Waals surface area (Å²) in [5.74, 6) is 1.56. The number of aliphatic imine (C=N–C) groups is 1. The van der Waals surface area contributed by atoms with Gasteiger partial charge >= 0.3 is 0 Å². The highest BCUT2D eigenvalue weighted by atomic mass is 35.5. The zero-order valence-corrected chi connectivity index (χ0v) is 20.8. The van der Waals surface area contributed by atoms with Gasteiger partial charge in [0.05, 0.1) is 24.4 Å². The number of fused-ring (bicyclic) bond motifs is 1. The van der Waals surface area contributed by atoms with Crippen LogP contribution in [0.25, 0.3) is 5.57 Å². The van der Waals surface area contributed by atoms with Gasteiger partial charge < -0.3 is 9.64 Å². The van der Waals surface area contributed by atoms with Crippen LogP contribution in [0.1, 0.15) is 50.3 Å². The maximum atomic E-state index is 6.94. The molecule has 1 atom stereocenters. The topological polar surface area (TPSA) is 40.1 Å². The highest BCUT2D eigenvalue weighted by molar-refractivity contribution is 6.77. The van der Waals surface area contributed by atoms with E-state index >= 15 is 0 Å². The maximum Gasteiger partial charge on any atom is 0.171 e. The molecule has 3 heterocycles. The number of nitrogens with one attached hydrogen (secondary N) is 1. The zero-order chi connectivity index (χ0) is 23.4. The molecule has 0 radical (unpaired) electrons. The summed E-state index contributed by atoms with van der Waals surface area (Å²) in [5, 5.41) is 2.80. The number of benzene rings is 2. The Morgan fingerprint density at radius 2 is 1.61 bits per heavy atom. The maximum absolute atomic E-state index is 6.94. The lowest BCUT2D eigenvalue weighted by Gasteiger charge is -2.32. The van der Waals surface area contributed by atoms with Crippen LogP contribution in [0.5, 0.6) is 5.75 Å². The Bertz CT molecular complexity index is 1060. The van der Waals surface area contributed by atoms with Crippen molar-refractivity contribution in [3.05, 3.63) is 82.4 Å². The second kappa shape index (κ2) is 10.6. The van der Waals surface area contributed by atoms with Crippen LogP contribution in [0.4, 0.5) is 0 Å². The average molecular weight is 485 g/mol. The number of nitrogens with zero attached hydrogens (tertiary/aromatic N) is 3. The van der Waals surface area contributed by atoms with Crippen molar-refractivity contribution in [2.45, 2.75) is 39.2 Å². The van der Waals surface area contributed by atoms with Gasteiger partial charge in [0.2, 0.25) is 0 Å². The fourth-order valence-corrected chi connectivity index (χ4v) is 5.08. The van der Waals surface area contributed by atoms with Crippen LogP contribution in [0.3, 0.4) is 0 Å². The molecule has 0 bridgehead atoms. The summed E-state index contributed by atoms with van der Waals surface area (Å²) >= 11 is 13.7. The number of methoxy groups -OCH3 is 1. The van der Waals surface area contributed by atoms with Gasteiger partial charge in [-0.2, -0.15) is 0 Å². The number of piperidine rings is 1. The summed E-state index contributed by atoms with van der Waals surface area (Å²) in [5.41, 5.74) is 7.49. The molecule has 0 amide bonds. The van der Waals surface area contributed by atoms with Crippen molar-refractivity contribution in [3.63, 3.8) is 0 Å². The molecule has 3 aliphatic heterocycles. The van der Waals surface area contributed by atoms with Gasteiger partial charge in [-0.1, -0.05) is 79.5 Å². The minimum Gasteiger partial charge on any atom is -0.497 e. The summed E-state index contributed by atoms with van der Waals surface area (Å²) in [6, 6.07) is 18.1. The summed E-state index contributed by atoms with van der Waals surface area (Å²) in [7, 11) is 1.65. The Labute approximate surface area is 206 Å². The average Bonchev–Trinajstić information content (AvgIpc) is 3.26. The Hall–Kier alpha value is -2.47. The molecule has 0 aromatic heterocycles. The van der Waals surface area contributed by atoms with Gasteiger partial charge in [-0.15, -0.1) is 0 Å². The zero-order valence-electron chi connectivity index (χ0n) is 19.3. The number of hydrogen-bond acceptors (Lipinski definition) is 5. The number of rotatable bonds is 4. The molecule has 1 saturated heterocycles. The number of likely N-dealkylation sites (tertiary alicyclic amines) is 1. The van der Waals surface area contributed by atoms with Gasteiger partial charge in [-0.3, -0.25) is 0 Å². The first-order chi connectivity index (χ1) is 16.2. The lowest BCUT2D eigenvalue weighted by Crippen LogP contribution is -2.35. The van der Waals surface area contributed by atoms with Crippen molar-refractivity contribution in [2.75, 3.05) is 20.2 Å². The third-order valence-corrected chi connectivity index (χ3v) is 6.63. The van der Waals surface area contributed by atoms with E-state index < -0.39 is 0 Å². The van der Waals surface area contributed by atoms with Gasteiger partial charge in [0.15, 0.2) is 5.82 Å². The quantitative estimate of drug-likeness (QED) is 0.502. The fraction of sp³-hybridized carbons (Fsp3) is 0.346. The standard InChI is InChI=1S/C24H24Cl2N4O.C2H6/c1-31-18-12-10-16(11-13-18)19-22(25)27-24-21(29-14-6-3-7-15-29)20(28-30(24)23(19)26)17-8-4-2-5-9-17;1-2/h2,4-5,8-13,20,28H,3,6-7,14-15H2,1H3;1-2H3. The van der Waals surface area contributed by atoms with E-state index in [1.807, 2.05) is 49.2 Å². The molecule has 1 unspecified atom stereocenters. The van der Waals surface area contributed by atoms with Crippen LogP contribution >= 0.6 is 23.2 Å². The second-order valence-corrected chi connectivity index (χ2v) is 8.58. The van der Waals surface area contributed by atoms with E-state index in [0.29, 0.717) is 15.9 Å². The van der Waals surface area contributed by atoms with Gasteiger partial charge in [0.1, 0.15) is 16.1 Å². The summed E-state index contributed by atoms with van der Waals surface area (Å²) in [6.45, 7) is 6.02. The van der Waals surface area contributed by atoms with Crippen molar-refractivity contribution in [3.8, 4) is 5.75 Å². The third kappa shape index (κ3) is 4.63. The fourth-order valence-electron chi connectivity index (χ4n) is 4.43. The highest BCUT2D eigenvalue weighted by Crippen LogP contribution is 2.43. The van der Waals surface area contributed by atoms with E-state index in [9.17, 15) is 0 Å². The summed E-state index contributed by atoms with van der Waals surface area (Å²) in [4.78, 5) is 7.27. The van der Waals surface area contributed by atoms with E-state index in [1.165, 1.54) is 24.8 Å². The largest absolute Gasteiger partial charge is 0.497 e. The van der Waals surface area contributed by atoms with Crippen LogP contribution in [0.15, 0.2) is 76.3 Å². The van der Waals surface area contributed by atoms with E-state index in [1.54, 1.807) is 7.11 Å². The first-order valence-corrected chi connectivity index (χ1v) is 12.3. The number of allylic oxidation sites excluding steroid dienone is 1. The first-order valence-electron chi connectivity index (χ1n) is 11.6. The summed E-state index contributed by atoms with van der Waals surface area (Å²) in [6.07, 6.45) is 3.62. The van der Waals surface area contributed by atoms with Crippen LogP contribution in [0.2, 0.25) is 0 Å².